The molecule has 0 unspecified atom stereocenters. The molecule has 0 atom stereocenters. The number of hydrogen-bond acceptors (Lipinski definition) is 3. The van der Waals surface area contributed by atoms with E-state index in [0.29, 0.717) is 28.7 Å². The van der Waals surface area contributed by atoms with Gasteiger partial charge >= 0.3 is 6.36 Å². The SMILES string of the molecule is COc1ccc(-c2ccc(OC(F)(F)F)cc2)c(C=O)c1. The minimum absolute atomic E-state index is 0.313. The summed E-state index contributed by atoms with van der Waals surface area (Å²) in [4.78, 5) is 11.1. The van der Waals surface area contributed by atoms with Crippen molar-refractivity contribution in [2.24, 2.45) is 0 Å². The van der Waals surface area contributed by atoms with E-state index in [2.05, 4.69) is 4.74 Å². The van der Waals surface area contributed by atoms with Crippen molar-refractivity contribution < 1.29 is 27.4 Å². The number of benzene rings is 2. The third-order valence-electron chi connectivity index (χ3n) is 2.78. The van der Waals surface area contributed by atoms with Gasteiger partial charge in [0.1, 0.15) is 11.5 Å². The molecule has 6 heteroatoms. The van der Waals surface area contributed by atoms with Crippen LogP contribution in [-0.4, -0.2) is 19.8 Å². The molecule has 2 rings (SSSR count). The number of rotatable bonds is 4. The highest BCUT2D eigenvalue weighted by Gasteiger charge is 2.30. The molecule has 0 aliphatic heterocycles. The lowest BCUT2D eigenvalue weighted by Crippen LogP contribution is -2.16. The molecule has 0 heterocycles. The molecule has 0 amide bonds. The Morgan fingerprint density at radius 2 is 1.62 bits per heavy atom. The van der Waals surface area contributed by atoms with Gasteiger partial charge in [0.05, 0.1) is 7.11 Å². The molecule has 3 nitrogen and oxygen atoms in total. The van der Waals surface area contributed by atoms with E-state index in [0.717, 1.165) is 0 Å². The molecule has 0 spiro atoms. The van der Waals surface area contributed by atoms with Gasteiger partial charge in [-0.3, -0.25) is 4.79 Å². The summed E-state index contributed by atoms with van der Waals surface area (Å²) < 4.78 is 45.1. The van der Waals surface area contributed by atoms with Crippen LogP contribution in [0.2, 0.25) is 0 Å². The topological polar surface area (TPSA) is 35.5 Å². The van der Waals surface area contributed by atoms with Crippen molar-refractivity contribution in [3.05, 3.63) is 48.0 Å². The van der Waals surface area contributed by atoms with Crippen molar-refractivity contribution >= 4 is 6.29 Å². The number of carbonyl (C=O) groups excluding carboxylic acids is 1. The Morgan fingerprint density at radius 3 is 2.14 bits per heavy atom. The van der Waals surface area contributed by atoms with E-state index in [1.807, 2.05) is 0 Å². The Morgan fingerprint density at radius 1 is 1.00 bits per heavy atom. The van der Waals surface area contributed by atoms with Crippen LogP contribution in [0.4, 0.5) is 13.2 Å². The second-order valence-corrected chi connectivity index (χ2v) is 4.14. The van der Waals surface area contributed by atoms with Crippen molar-refractivity contribution in [1.29, 1.82) is 0 Å². The van der Waals surface area contributed by atoms with Gasteiger partial charge in [-0.05, 0) is 41.5 Å². The summed E-state index contributed by atoms with van der Waals surface area (Å²) >= 11 is 0. The zero-order valence-corrected chi connectivity index (χ0v) is 11.0. The number of halogens is 3. The number of carbonyl (C=O) groups is 1. The molecule has 110 valence electrons. The van der Waals surface area contributed by atoms with E-state index in [1.165, 1.54) is 31.4 Å². The van der Waals surface area contributed by atoms with Crippen molar-refractivity contribution in [2.75, 3.05) is 7.11 Å². The maximum absolute atomic E-state index is 12.1. The molecule has 0 radical (unpaired) electrons. The van der Waals surface area contributed by atoms with Crippen LogP contribution in [0.15, 0.2) is 42.5 Å². The van der Waals surface area contributed by atoms with Gasteiger partial charge in [-0.1, -0.05) is 12.1 Å². The van der Waals surface area contributed by atoms with Crippen molar-refractivity contribution in [3.63, 3.8) is 0 Å². The summed E-state index contributed by atoms with van der Waals surface area (Å²) in [5.41, 5.74) is 1.59. The maximum atomic E-state index is 12.1. The molecular weight excluding hydrogens is 285 g/mol. The Hall–Kier alpha value is -2.50. The van der Waals surface area contributed by atoms with E-state index in [-0.39, 0.29) is 5.75 Å². The quantitative estimate of drug-likeness (QED) is 0.798. The average Bonchev–Trinajstić information content (AvgIpc) is 2.46. The molecular formula is C15H11F3O3. The fraction of sp³-hybridized carbons (Fsp3) is 0.133. The van der Waals surface area contributed by atoms with E-state index >= 15 is 0 Å². The van der Waals surface area contributed by atoms with Gasteiger partial charge in [-0.25, -0.2) is 0 Å². The molecule has 0 saturated carbocycles. The summed E-state index contributed by atoms with van der Waals surface area (Å²) in [7, 11) is 1.48. The molecule has 0 bridgehead atoms. The largest absolute Gasteiger partial charge is 0.573 e. The Balaban J connectivity index is 2.32. The van der Waals surface area contributed by atoms with Crippen molar-refractivity contribution in [1.82, 2.24) is 0 Å². The third-order valence-corrected chi connectivity index (χ3v) is 2.78. The van der Waals surface area contributed by atoms with Crippen LogP contribution in [0.25, 0.3) is 11.1 Å². The fourth-order valence-electron chi connectivity index (χ4n) is 1.86. The highest BCUT2D eigenvalue weighted by atomic mass is 19.4. The molecule has 0 aliphatic rings. The Bertz CT molecular complexity index is 634. The summed E-state index contributed by atoms with van der Waals surface area (Å²) in [6, 6.07) is 10.2. The van der Waals surface area contributed by atoms with Crippen LogP contribution in [0.1, 0.15) is 10.4 Å². The lowest BCUT2D eigenvalue weighted by molar-refractivity contribution is -0.274. The highest BCUT2D eigenvalue weighted by molar-refractivity contribution is 5.88. The first kappa shape index (κ1) is 14.9. The van der Waals surface area contributed by atoms with E-state index < -0.39 is 6.36 Å². The van der Waals surface area contributed by atoms with Gasteiger partial charge < -0.3 is 9.47 Å². The van der Waals surface area contributed by atoms with Gasteiger partial charge in [0.25, 0.3) is 0 Å². The molecule has 0 N–H and O–H groups in total. The predicted molar refractivity (Wildman–Crippen MR) is 70.5 cm³/mol. The van der Waals surface area contributed by atoms with Crippen LogP contribution in [0.3, 0.4) is 0 Å². The van der Waals surface area contributed by atoms with Gasteiger partial charge in [0.2, 0.25) is 0 Å². The zero-order chi connectivity index (χ0) is 15.5. The Kier molecular flexibility index (Phi) is 4.16. The minimum Gasteiger partial charge on any atom is -0.497 e. The van der Waals surface area contributed by atoms with E-state index in [1.54, 1.807) is 18.2 Å². The first-order chi connectivity index (χ1) is 9.93. The minimum atomic E-state index is -4.73. The number of alkyl halides is 3. The third kappa shape index (κ3) is 3.75. The van der Waals surface area contributed by atoms with Crippen molar-refractivity contribution in [2.45, 2.75) is 6.36 Å². The molecule has 21 heavy (non-hydrogen) atoms. The van der Waals surface area contributed by atoms with Gasteiger partial charge in [-0.15, -0.1) is 13.2 Å². The summed E-state index contributed by atoms with van der Waals surface area (Å²) in [6.07, 6.45) is -4.06. The van der Waals surface area contributed by atoms with Crippen LogP contribution < -0.4 is 9.47 Å². The first-order valence-electron chi connectivity index (χ1n) is 5.92. The number of aldehydes is 1. The summed E-state index contributed by atoms with van der Waals surface area (Å²) in [5, 5.41) is 0. The first-order valence-corrected chi connectivity index (χ1v) is 5.92. The second-order valence-electron chi connectivity index (χ2n) is 4.14. The number of methoxy groups -OCH3 is 1. The van der Waals surface area contributed by atoms with Crippen LogP contribution in [0.5, 0.6) is 11.5 Å². The highest BCUT2D eigenvalue weighted by Crippen LogP contribution is 2.29. The number of ether oxygens (including phenoxy) is 2. The average molecular weight is 296 g/mol. The van der Waals surface area contributed by atoms with Crippen LogP contribution >= 0.6 is 0 Å². The standard InChI is InChI=1S/C15H11F3O3/c1-20-13-6-7-14(11(8-13)9-19)10-2-4-12(5-3-10)21-15(16,17)18/h2-9H,1H3. The molecule has 2 aromatic carbocycles. The van der Waals surface area contributed by atoms with Crippen LogP contribution in [0, 0.1) is 0 Å². The summed E-state index contributed by atoms with van der Waals surface area (Å²) in [5.74, 6) is 0.213. The monoisotopic (exact) mass is 296 g/mol. The molecule has 0 aromatic heterocycles. The van der Waals surface area contributed by atoms with Crippen LogP contribution in [-0.2, 0) is 0 Å². The maximum Gasteiger partial charge on any atom is 0.573 e. The molecule has 0 fully saturated rings. The fourth-order valence-corrected chi connectivity index (χ4v) is 1.86. The van der Waals surface area contributed by atoms with Crippen molar-refractivity contribution in [3.8, 4) is 22.6 Å². The van der Waals surface area contributed by atoms with Gasteiger partial charge in [0.15, 0.2) is 6.29 Å². The zero-order valence-electron chi connectivity index (χ0n) is 11.0. The molecule has 2 aromatic rings. The number of hydrogen-bond donors (Lipinski definition) is 0. The van der Waals surface area contributed by atoms with E-state index in [4.69, 9.17) is 4.74 Å². The van der Waals surface area contributed by atoms with Gasteiger partial charge in [0, 0.05) is 5.56 Å². The van der Waals surface area contributed by atoms with Gasteiger partial charge in [-0.2, -0.15) is 0 Å². The molecule has 0 aliphatic carbocycles. The second kappa shape index (κ2) is 5.87. The molecule has 0 saturated heterocycles. The Labute approximate surface area is 118 Å². The summed E-state index contributed by atoms with van der Waals surface area (Å²) in [6.45, 7) is 0. The smallest absolute Gasteiger partial charge is 0.497 e. The lowest BCUT2D eigenvalue weighted by Gasteiger charge is -2.10. The lowest BCUT2D eigenvalue weighted by atomic mass is 10.00. The predicted octanol–water partition coefficient (Wildman–Crippen LogP) is 4.07. The normalized spacial score (nSPS) is 11.0. The van der Waals surface area contributed by atoms with E-state index in [9.17, 15) is 18.0 Å².